The molecule has 9 heavy (non-hydrogen) atoms. The molecule has 1 saturated carbocycles. The topological polar surface area (TPSA) is 40.1 Å². The Hall–Kier alpha value is -0.0800. The second-order valence-electron chi connectivity index (χ2n) is 3.35. The minimum absolute atomic E-state index is 0.395. The fourth-order valence-corrected chi connectivity index (χ4v) is 1.69. The SMILES string of the molecule is NC1C[N]CCC12CC2. The standard InChI is InChI=1S/C7H13N2/c8-6-5-9-4-3-7(6)1-2-7/h6H,1-5,8H2. The zero-order chi connectivity index (χ0) is 6.32. The minimum Gasteiger partial charge on any atom is -0.326 e. The first-order chi connectivity index (χ1) is 4.33. The molecule has 1 aliphatic heterocycles. The van der Waals surface area contributed by atoms with Crippen LogP contribution >= 0.6 is 0 Å². The number of rotatable bonds is 0. The third kappa shape index (κ3) is 0.775. The molecular weight excluding hydrogens is 112 g/mol. The van der Waals surface area contributed by atoms with Crippen LogP contribution in [0.1, 0.15) is 19.3 Å². The molecule has 2 fully saturated rings. The average Bonchev–Trinajstić information content (AvgIpc) is 2.60. The Morgan fingerprint density at radius 1 is 1.33 bits per heavy atom. The lowest BCUT2D eigenvalue weighted by atomic mass is 9.90. The van der Waals surface area contributed by atoms with Crippen molar-refractivity contribution in [2.24, 2.45) is 11.1 Å². The van der Waals surface area contributed by atoms with Gasteiger partial charge in [-0.1, -0.05) is 0 Å². The van der Waals surface area contributed by atoms with Gasteiger partial charge in [-0.2, -0.15) is 0 Å². The van der Waals surface area contributed by atoms with Crippen LogP contribution < -0.4 is 11.1 Å². The number of hydrogen-bond donors (Lipinski definition) is 1. The van der Waals surface area contributed by atoms with Crippen molar-refractivity contribution in [2.75, 3.05) is 13.1 Å². The van der Waals surface area contributed by atoms with Gasteiger partial charge in [0.15, 0.2) is 0 Å². The average molecular weight is 125 g/mol. The van der Waals surface area contributed by atoms with Gasteiger partial charge in [-0.05, 0) is 24.7 Å². The van der Waals surface area contributed by atoms with Gasteiger partial charge in [0, 0.05) is 19.1 Å². The Morgan fingerprint density at radius 2 is 2.11 bits per heavy atom. The summed E-state index contributed by atoms with van der Waals surface area (Å²) in [6.45, 7) is 1.98. The molecule has 1 atom stereocenters. The van der Waals surface area contributed by atoms with Crippen molar-refractivity contribution in [1.29, 1.82) is 0 Å². The predicted molar refractivity (Wildman–Crippen MR) is 36.1 cm³/mol. The summed E-state index contributed by atoms with van der Waals surface area (Å²) in [5.41, 5.74) is 6.45. The summed E-state index contributed by atoms with van der Waals surface area (Å²) in [5, 5.41) is 4.27. The molecule has 2 rings (SSSR count). The van der Waals surface area contributed by atoms with E-state index in [2.05, 4.69) is 5.32 Å². The Kier molecular flexibility index (Phi) is 1.08. The molecular formula is C7H13N2. The van der Waals surface area contributed by atoms with Gasteiger partial charge in [-0.3, -0.25) is 0 Å². The summed E-state index contributed by atoms with van der Waals surface area (Å²) in [7, 11) is 0. The van der Waals surface area contributed by atoms with E-state index in [1.807, 2.05) is 0 Å². The summed E-state index contributed by atoms with van der Waals surface area (Å²) in [6, 6.07) is 0.395. The van der Waals surface area contributed by atoms with Crippen molar-refractivity contribution in [3.8, 4) is 0 Å². The number of nitrogens with two attached hydrogens (primary N) is 1. The van der Waals surface area contributed by atoms with Crippen LogP contribution in [0, 0.1) is 5.41 Å². The van der Waals surface area contributed by atoms with E-state index in [-0.39, 0.29) is 0 Å². The predicted octanol–water partition coefficient (Wildman–Crippen LogP) is 0.102. The van der Waals surface area contributed by atoms with E-state index >= 15 is 0 Å². The number of nitrogens with zero attached hydrogens (tertiary/aromatic N) is 1. The zero-order valence-corrected chi connectivity index (χ0v) is 5.64. The molecule has 0 amide bonds. The van der Waals surface area contributed by atoms with Gasteiger partial charge < -0.3 is 5.73 Å². The molecule has 1 unspecified atom stereocenters. The van der Waals surface area contributed by atoms with Gasteiger partial charge in [0.25, 0.3) is 0 Å². The summed E-state index contributed by atoms with van der Waals surface area (Å²) in [4.78, 5) is 0. The Labute approximate surface area is 55.8 Å². The Bertz CT molecular complexity index is 118. The fraction of sp³-hybridized carbons (Fsp3) is 1.00. The van der Waals surface area contributed by atoms with Crippen molar-refractivity contribution < 1.29 is 0 Å². The zero-order valence-electron chi connectivity index (χ0n) is 5.64. The highest BCUT2D eigenvalue weighted by atomic mass is 15.0. The van der Waals surface area contributed by atoms with Gasteiger partial charge >= 0.3 is 0 Å². The van der Waals surface area contributed by atoms with Crippen LogP contribution in [0.4, 0.5) is 0 Å². The van der Waals surface area contributed by atoms with Gasteiger partial charge in [0.2, 0.25) is 0 Å². The quantitative estimate of drug-likeness (QED) is 0.490. The maximum Gasteiger partial charge on any atom is 0.0290 e. The van der Waals surface area contributed by atoms with E-state index in [1.165, 1.54) is 19.3 Å². The van der Waals surface area contributed by atoms with Crippen molar-refractivity contribution in [3.63, 3.8) is 0 Å². The molecule has 1 saturated heterocycles. The summed E-state index contributed by atoms with van der Waals surface area (Å²) >= 11 is 0. The smallest absolute Gasteiger partial charge is 0.0290 e. The molecule has 1 aliphatic carbocycles. The van der Waals surface area contributed by atoms with Gasteiger partial charge in [-0.15, -0.1) is 0 Å². The Balaban J connectivity index is 2.03. The lowest BCUT2D eigenvalue weighted by Crippen LogP contribution is -2.44. The number of piperidine rings is 1. The highest BCUT2D eigenvalue weighted by molar-refractivity contribution is 5.03. The monoisotopic (exact) mass is 125 g/mol. The molecule has 1 spiro atoms. The van der Waals surface area contributed by atoms with Crippen molar-refractivity contribution in [1.82, 2.24) is 5.32 Å². The third-order valence-corrected chi connectivity index (χ3v) is 2.77. The molecule has 2 nitrogen and oxygen atoms in total. The maximum atomic E-state index is 5.88. The highest BCUT2D eigenvalue weighted by Crippen LogP contribution is 2.51. The van der Waals surface area contributed by atoms with Crippen LogP contribution in [0.15, 0.2) is 0 Å². The van der Waals surface area contributed by atoms with Crippen molar-refractivity contribution >= 4 is 0 Å². The molecule has 0 bridgehead atoms. The summed E-state index contributed by atoms with van der Waals surface area (Å²) < 4.78 is 0. The van der Waals surface area contributed by atoms with E-state index in [4.69, 9.17) is 5.73 Å². The van der Waals surface area contributed by atoms with Crippen molar-refractivity contribution in [2.45, 2.75) is 25.3 Å². The molecule has 0 aromatic rings. The maximum absolute atomic E-state index is 5.88. The first-order valence-corrected chi connectivity index (χ1v) is 3.72. The van der Waals surface area contributed by atoms with E-state index < -0.39 is 0 Å². The van der Waals surface area contributed by atoms with E-state index in [0.29, 0.717) is 11.5 Å². The molecule has 2 N–H and O–H groups in total. The van der Waals surface area contributed by atoms with Crippen LogP contribution in [0.25, 0.3) is 0 Å². The normalized spacial score (nSPS) is 39.0. The first kappa shape index (κ1) is 5.69. The van der Waals surface area contributed by atoms with E-state index in [9.17, 15) is 0 Å². The van der Waals surface area contributed by atoms with Crippen LogP contribution in [0.2, 0.25) is 0 Å². The lowest BCUT2D eigenvalue weighted by Gasteiger charge is -2.27. The largest absolute Gasteiger partial charge is 0.326 e. The lowest BCUT2D eigenvalue weighted by molar-refractivity contribution is 0.298. The minimum atomic E-state index is 0.395. The molecule has 2 aliphatic rings. The van der Waals surface area contributed by atoms with Crippen LogP contribution in [-0.4, -0.2) is 19.1 Å². The number of hydrogen-bond acceptors (Lipinski definition) is 1. The fourth-order valence-electron chi connectivity index (χ4n) is 1.69. The van der Waals surface area contributed by atoms with Crippen LogP contribution in [-0.2, 0) is 0 Å². The van der Waals surface area contributed by atoms with Gasteiger partial charge in [0.1, 0.15) is 0 Å². The Morgan fingerprint density at radius 3 is 2.56 bits per heavy atom. The third-order valence-electron chi connectivity index (χ3n) is 2.77. The van der Waals surface area contributed by atoms with Crippen LogP contribution in [0.5, 0.6) is 0 Å². The summed E-state index contributed by atoms with van der Waals surface area (Å²) in [5.74, 6) is 0. The summed E-state index contributed by atoms with van der Waals surface area (Å²) in [6.07, 6.45) is 3.99. The molecule has 0 aromatic heterocycles. The van der Waals surface area contributed by atoms with Crippen LogP contribution in [0.3, 0.4) is 0 Å². The second kappa shape index (κ2) is 1.70. The molecule has 1 radical (unpaired) electrons. The molecule has 2 heteroatoms. The highest BCUT2D eigenvalue weighted by Gasteiger charge is 2.48. The van der Waals surface area contributed by atoms with E-state index in [1.54, 1.807) is 0 Å². The second-order valence-corrected chi connectivity index (χ2v) is 3.35. The van der Waals surface area contributed by atoms with Crippen molar-refractivity contribution in [3.05, 3.63) is 0 Å². The first-order valence-electron chi connectivity index (χ1n) is 3.72. The molecule has 51 valence electrons. The van der Waals surface area contributed by atoms with Gasteiger partial charge in [-0.25, -0.2) is 5.32 Å². The van der Waals surface area contributed by atoms with E-state index in [0.717, 1.165) is 13.1 Å². The molecule has 1 heterocycles. The molecule has 0 aromatic carbocycles. The van der Waals surface area contributed by atoms with Gasteiger partial charge in [0.05, 0.1) is 0 Å².